The maximum atomic E-state index is 12.3. The van der Waals surface area contributed by atoms with Crippen LogP contribution in [-0.4, -0.2) is 25.2 Å². The second kappa shape index (κ2) is 8.09. The number of ether oxygens (including phenoxy) is 2. The molecule has 27 heavy (non-hydrogen) atoms. The van der Waals surface area contributed by atoms with E-state index in [0.717, 1.165) is 16.8 Å². The summed E-state index contributed by atoms with van der Waals surface area (Å²) in [6.45, 7) is 4.09. The molecule has 140 valence electrons. The Hall–Kier alpha value is -3.06. The minimum Gasteiger partial charge on any atom is -0.497 e. The fraction of sp³-hybridized carbons (Fsp3) is 0.200. The largest absolute Gasteiger partial charge is 0.497 e. The van der Waals surface area contributed by atoms with E-state index in [-0.39, 0.29) is 6.03 Å². The van der Waals surface area contributed by atoms with Crippen LogP contribution in [0.2, 0.25) is 0 Å². The van der Waals surface area contributed by atoms with Crippen molar-refractivity contribution in [3.8, 4) is 22.8 Å². The molecule has 0 aliphatic heterocycles. The lowest BCUT2D eigenvalue weighted by Gasteiger charge is -2.11. The normalized spacial score (nSPS) is 10.4. The van der Waals surface area contributed by atoms with Crippen molar-refractivity contribution in [3.63, 3.8) is 0 Å². The molecule has 0 spiro atoms. The average molecular weight is 383 g/mol. The van der Waals surface area contributed by atoms with Crippen LogP contribution in [0.3, 0.4) is 0 Å². The molecule has 1 heterocycles. The Bertz CT molecular complexity index is 969. The molecular weight excluding hydrogens is 362 g/mol. The van der Waals surface area contributed by atoms with Gasteiger partial charge in [0.2, 0.25) is 0 Å². The molecule has 0 radical (unpaired) electrons. The van der Waals surface area contributed by atoms with E-state index in [2.05, 4.69) is 33.8 Å². The van der Waals surface area contributed by atoms with Gasteiger partial charge >= 0.3 is 6.03 Å². The summed E-state index contributed by atoms with van der Waals surface area (Å²) in [5, 5.41) is 7.99. The van der Waals surface area contributed by atoms with E-state index in [0.29, 0.717) is 22.3 Å². The first-order valence-electron chi connectivity index (χ1n) is 8.33. The van der Waals surface area contributed by atoms with Crippen LogP contribution in [0.5, 0.6) is 11.5 Å². The number of thiazole rings is 1. The Labute approximate surface area is 162 Å². The van der Waals surface area contributed by atoms with Gasteiger partial charge in [0.05, 0.1) is 25.6 Å². The van der Waals surface area contributed by atoms with Crippen LogP contribution in [0.25, 0.3) is 11.3 Å². The predicted molar refractivity (Wildman–Crippen MR) is 109 cm³/mol. The van der Waals surface area contributed by atoms with Gasteiger partial charge in [-0.2, -0.15) is 0 Å². The number of carbonyl (C=O) groups is 1. The summed E-state index contributed by atoms with van der Waals surface area (Å²) in [5.74, 6) is 1.16. The molecule has 0 aliphatic rings. The van der Waals surface area contributed by atoms with Gasteiger partial charge in [-0.05, 0) is 37.6 Å². The van der Waals surface area contributed by atoms with Crippen LogP contribution < -0.4 is 20.1 Å². The Morgan fingerprint density at radius 3 is 2.59 bits per heavy atom. The minimum absolute atomic E-state index is 0.389. The molecule has 0 unspecified atom stereocenters. The number of hydrogen-bond acceptors (Lipinski definition) is 5. The zero-order valence-corrected chi connectivity index (χ0v) is 16.4. The van der Waals surface area contributed by atoms with Crippen LogP contribution in [-0.2, 0) is 0 Å². The average Bonchev–Trinajstić information content (AvgIpc) is 3.12. The molecule has 6 nitrogen and oxygen atoms in total. The molecule has 0 bridgehead atoms. The summed E-state index contributed by atoms with van der Waals surface area (Å²) in [6, 6.07) is 11.0. The number of methoxy groups -OCH3 is 2. The van der Waals surface area contributed by atoms with E-state index in [1.165, 1.54) is 24.0 Å². The molecule has 2 aromatic carbocycles. The van der Waals surface area contributed by atoms with E-state index in [9.17, 15) is 4.79 Å². The number of nitrogens with one attached hydrogen (secondary N) is 2. The van der Waals surface area contributed by atoms with Gasteiger partial charge < -0.3 is 14.8 Å². The highest BCUT2D eigenvalue weighted by Crippen LogP contribution is 2.30. The quantitative estimate of drug-likeness (QED) is 0.644. The number of nitrogens with zero attached hydrogens (tertiary/aromatic N) is 1. The summed E-state index contributed by atoms with van der Waals surface area (Å²) < 4.78 is 10.4. The molecule has 0 saturated carbocycles. The predicted octanol–water partition coefficient (Wildman–Crippen LogP) is 5.09. The van der Waals surface area contributed by atoms with Crippen molar-refractivity contribution in [2.45, 2.75) is 13.8 Å². The number of benzene rings is 2. The van der Waals surface area contributed by atoms with Gasteiger partial charge in [-0.3, -0.25) is 5.32 Å². The molecule has 3 aromatic rings. The monoisotopic (exact) mass is 383 g/mol. The standard InChI is InChI=1S/C20H21N3O3S/c1-12-5-6-13(2)15(9-12)17-11-27-20(22-17)23-19(24)21-16-8-7-14(25-3)10-18(16)26-4/h5-11H,1-4H3,(H2,21,22,23,24). The highest BCUT2D eigenvalue weighted by atomic mass is 32.1. The topological polar surface area (TPSA) is 72.5 Å². The first-order chi connectivity index (χ1) is 13.0. The third-order valence-electron chi connectivity index (χ3n) is 4.05. The van der Waals surface area contributed by atoms with Crippen LogP contribution in [0, 0.1) is 13.8 Å². The lowest BCUT2D eigenvalue weighted by atomic mass is 10.0. The van der Waals surface area contributed by atoms with Crippen molar-refractivity contribution in [1.82, 2.24) is 4.98 Å². The van der Waals surface area contributed by atoms with Gasteiger partial charge in [-0.1, -0.05) is 17.7 Å². The van der Waals surface area contributed by atoms with Crippen molar-refractivity contribution in [3.05, 3.63) is 52.9 Å². The Kier molecular flexibility index (Phi) is 5.61. The van der Waals surface area contributed by atoms with Crippen molar-refractivity contribution in [2.24, 2.45) is 0 Å². The van der Waals surface area contributed by atoms with Crippen molar-refractivity contribution < 1.29 is 14.3 Å². The maximum Gasteiger partial charge on any atom is 0.325 e. The number of aromatic nitrogens is 1. The fourth-order valence-electron chi connectivity index (χ4n) is 2.62. The number of hydrogen-bond donors (Lipinski definition) is 2. The van der Waals surface area contributed by atoms with E-state index in [1.807, 2.05) is 19.2 Å². The van der Waals surface area contributed by atoms with Crippen LogP contribution in [0.1, 0.15) is 11.1 Å². The molecule has 2 amide bonds. The smallest absolute Gasteiger partial charge is 0.325 e. The van der Waals surface area contributed by atoms with E-state index in [4.69, 9.17) is 9.47 Å². The zero-order chi connectivity index (χ0) is 19.4. The second-order valence-electron chi connectivity index (χ2n) is 6.00. The fourth-order valence-corrected chi connectivity index (χ4v) is 3.32. The molecule has 3 rings (SSSR count). The molecule has 7 heteroatoms. The van der Waals surface area contributed by atoms with Crippen molar-refractivity contribution in [2.75, 3.05) is 24.9 Å². The first-order valence-corrected chi connectivity index (χ1v) is 9.21. The lowest BCUT2D eigenvalue weighted by Crippen LogP contribution is -2.19. The first kappa shape index (κ1) is 18.7. The molecule has 1 aromatic heterocycles. The third kappa shape index (κ3) is 4.38. The molecular formula is C20H21N3O3S. The van der Waals surface area contributed by atoms with E-state index < -0.39 is 0 Å². The highest BCUT2D eigenvalue weighted by molar-refractivity contribution is 7.14. The molecule has 0 fully saturated rings. The number of amides is 2. The Morgan fingerprint density at radius 2 is 1.85 bits per heavy atom. The second-order valence-corrected chi connectivity index (χ2v) is 6.86. The van der Waals surface area contributed by atoms with Gasteiger partial charge in [-0.15, -0.1) is 11.3 Å². The van der Waals surface area contributed by atoms with Crippen LogP contribution >= 0.6 is 11.3 Å². The SMILES string of the molecule is COc1ccc(NC(=O)Nc2nc(-c3cc(C)ccc3C)cs2)c(OC)c1. The third-order valence-corrected chi connectivity index (χ3v) is 4.81. The zero-order valence-electron chi connectivity index (χ0n) is 15.6. The van der Waals surface area contributed by atoms with Crippen LogP contribution in [0.15, 0.2) is 41.8 Å². The van der Waals surface area contributed by atoms with Crippen molar-refractivity contribution >= 4 is 28.2 Å². The molecule has 0 saturated heterocycles. The minimum atomic E-state index is -0.389. The van der Waals surface area contributed by atoms with Crippen LogP contribution in [0.4, 0.5) is 15.6 Å². The summed E-state index contributed by atoms with van der Waals surface area (Å²) in [7, 11) is 3.11. The van der Waals surface area contributed by atoms with Gasteiger partial charge in [0.25, 0.3) is 0 Å². The number of urea groups is 1. The highest BCUT2D eigenvalue weighted by Gasteiger charge is 2.12. The number of anilines is 2. The van der Waals surface area contributed by atoms with E-state index >= 15 is 0 Å². The summed E-state index contributed by atoms with van der Waals surface area (Å²) in [5.41, 5.74) is 4.77. The lowest BCUT2D eigenvalue weighted by molar-refractivity contribution is 0.262. The van der Waals surface area contributed by atoms with E-state index in [1.54, 1.807) is 25.3 Å². The Morgan fingerprint density at radius 1 is 1.04 bits per heavy atom. The molecule has 0 aliphatic carbocycles. The Balaban J connectivity index is 1.72. The number of carbonyl (C=O) groups excluding carboxylic acids is 1. The number of aryl methyl sites for hydroxylation is 2. The summed E-state index contributed by atoms with van der Waals surface area (Å²) in [6.07, 6.45) is 0. The molecule has 2 N–H and O–H groups in total. The van der Waals surface area contributed by atoms with Crippen molar-refractivity contribution in [1.29, 1.82) is 0 Å². The molecule has 0 atom stereocenters. The van der Waals surface area contributed by atoms with Gasteiger partial charge in [0.15, 0.2) is 5.13 Å². The number of rotatable bonds is 5. The van der Waals surface area contributed by atoms with Gasteiger partial charge in [-0.25, -0.2) is 9.78 Å². The summed E-state index contributed by atoms with van der Waals surface area (Å²) in [4.78, 5) is 16.9. The van der Waals surface area contributed by atoms with Gasteiger partial charge in [0.1, 0.15) is 11.5 Å². The van der Waals surface area contributed by atoms with Gasteiger partial charge in [0, 0.05) is 17.0 Å². The summed E-state index contributed by atoms with van der Waals surface area (Å²) >= 11 is 1.38. The maximum absolute atomic E-state index is 12.3.